The van der Waals surface area contributed by atoms with Crippen molar-refractivity contribution in [3.8, 4) is 11.1 Å². The topological polar surface area (TPSA) is 77.2 Å². The van der Waals surface area contributed by atoms with Gasteiger partial charge in [-0.15, -0.1) is 5.10 Å². The molecular formula is C20H20N6O. The van der Waals surface area contributed by atoms with Gasteiger partial charge < -0.3 is 10.1 Å². The van der Waals surface area contributed by atoms with Gasteiger partial charge in [0.1, 0.15) is 0 Å². The second kappa shape index (κ2) is 6.59. The third-order valence-electron chi connectivity index (χ3n) is 5.15. The Bertz CT molecular complexity index is 1100. The van der Waals surface area contributed by atoms with Crippen molar-refractivity contribution in [1.82, 2.24) is 24.6 Å². The molecule has 1 fully saturated rings. The van der Waals surface area contributed by atoms with Crippen LogP contribution in [0.4, 0.5) is 5.95 Å². The third kappa shape index (κ3) is 3.00. The average molecular weight is 360 g/mol. The zero-order valence-electron chi connectivity index (χ0n) is 15.0. The second-order valence-electron chi connectivity index (χ2n) is 7.05. The van der Waals surface area contributed by atoms with Gasteiger partial charge in [-0.05, 0) is 43.0 Å². The lowest BCUT2D eigenvalue weighted by atomic mass is 9.81. The van der Waals surface area contributed by atoms with E-state index in [9.17, 15) is 0 Å². The molecule has 0 amide bonds. The van der Waals surface area contributed by atoms with Crippen LogP contribution in [0.15, 0.2) is 49.1 Å². The molecule has 4 aromatic heterocycles. The molecule has 0 aromatic carbocycles. The molecule has 0 spiro atoms. The summed E-state index contributed by atoms with van der Waals surface area (Å²) in [6.07, 6.45) is 9.63. The summed E-state index contributed by atoms with van der Waals surface area (Å²) in [4.78, 5) is 13.2. The lowest BCUT2D eigenvalue weighted by molar-refractivity contribution is 0.104. The quantitative estimate of drug-likeness (QED) is 0.589. The highest BCUT2D eigenvalue weighted by molar-refractivity contribution is 5.86. The molecular weight excluding hydrogens is 340 g/mol. The van der Waals surface area contributed by atoms with E-state index in [4.69, 9.17) is 4.74 Å². The molecule has 4 heterocycles. The molecule has 1 N–H and O–H groups in total. The predicted molar refractivity (Wildman–Crippen MR) is 104 cm³/mol. The van der Waals surface area contributed by atoms with Crippen LogP contribution in [0.1, 0.15) is 12.8 Å². The van der Waals surface area contributed by atoms with Gasteiger partial charge in [0.05, 0.1) is 11.7 Å². The lowest BCUT2D eigenvalue weighted by Gasteiger charge is -2.35. The summed E-state index contributed by atoms with van der Waals surface area (Å²) in [6, 6.07) is 8.51. The number of ether oxygens (including phenoxy) is 1. The number of aromatic nitrogens is 5. The van der Waals surface area contributed by atoms with Gasteiger partial charge in [-0.3, -0.25) is 0 Å². The first-order valence-electron chi connectivity index (χ1n) is 9.11. The van der Waals surface area contributed by atoms with Crippen molar-refractivity contribution >= 4 is 22.5 Å². The molecule has 7 nitrogen and oxygen atoms in total. The second-order valence-corrected chi connectivity index (χ2v) is 7.05. The van der Waals surface area contributed by atoms with Gasteiger partial charge in [-0.1, -0.05) is 0 Å². The Morgan fingerprint density at radius 1 is 1.19 bits per heavy atom. The van der Waals surface area contributed by atoms with Crippen molar-refractivity contribution in [2.24, 2.45) is 5.92 Å². The van der Waals surface area contributed by atoms with Crippen LogP contribution in [-0.4, -0.2) is 44.3 Å². The molecule has 27 heavy (non-hydrogen) atoms. The zero-order valence-corrected chi connectivity index (χ0v) is 15.0. The summed E-state index contributed by atoms with van der Waals surface area (Å²) >= 11 is 0. The first-order chi connectivity index (χ1) is 13.3. The number of methoxy groups -OCH3 is 1. The lowest BCUT2D eigenvalue weighted by Crippen LogP contribution is -2.38. The molecule has 1 aliphatic carbocycles. The van der Waals surface area contributed by atoms with Crippen LogP contribution >= 0.6 is 0 Å². The number of hydrogen-bond donors (Lipinski definition) is 1. The summed E-state index contributed by atoms with van der Waals surface area (Å²) in [5.74, 6) is 1.30. The fraction of sp³-hybridized carbons (Fsp3) is 0.300. The molecule has 136 valence electrons. The van der Waals surface area contributed by atoms with E-state index in [1.807, 2.05) is 41.3 Å². The Balaban J connectivity index is 1.40. The van der Waals surface area contributed by atoms with E-state index in [0.717, 1.165) is 47.1 Å². The van der Waals surface area contributed by atoms with Crippen LogP contribution in [-0.2, 0) is 4.74 Å². The van der Waals surface area contributed by atoms with Gasteiger partial charge in [-0.2, -0.15) is 0 Å². The zero-order chi connectivity index (χ0) is 18.2. The van der Waals surface area contributed by atoms with Gasteiger partial charge in [0.25, 0.3) is 0 Å². The van der Waals surface area contributed by atoms with Crippen molar-refractivity contribution in [2.45, 2.75) is 18.9 Å². The van der Waals surface area contributed by atoms with Gasteiger partial charge in [0.2, 0.25) is 5.95 Å². The molecule has 0 saturated heterocycles. The number of hydrogen-bond acceptors (Lipinski definition) is 6. The third-order valence-corrected chi connectivity index (χ3v) is 5.15. The van der Waals surface area contributed by atoms with Crippen molar-refractivity contribution in [3.63, 3.8) is 0 Å². The molecule has 0 radical (unpaired) electrons. The van der Waals surface area contributed by atoms with Gasteiger partial charge in [-0.25, -0.2) is 19.5 Å². The number of anilines is 1. The summed E-state index contributed by atoms with van der Waals surface area (Å²) < 4.78 is 7.07. The van der Waals surface area contributed by atoms with Crippen molar-refractivity contribution in [1.29, 1.82) is 0 Å². The Morgan fingerprint density at radius 2 is 2.11 bits per heavy atom. The first-order valence-corrected chi connectivity index (χ1v) is 9.11. The fourth-order valence-electron chi connectivity index (χ4n) is 3.73. The molecule has 5 rings (SSSR count). The summed E-state index contributed by atoms with van der Waals surface area (Å²) in [5.41, 5.74) is 3.79. The van der Waals surface area contributed by atoms with Gasteiger partial charge >= 0.3 is 0 Å². The highest BCUT2D eigenvalue weighted by atomic mass is 16.5. The molecule has 0 bridgehead atoms. The molecule has 4 aromatic rings. The Kier molecular flexibility index (Phi) is 3.94. The monoisotopic (exact) mass is 360 g/mol. The molecule has 1 saturated carbocycles. The van der Waals surface area contributed by atoms with E-state index in [2.05, 4.69) is 31.4 Å². The fourth-order valence-corrected chi connectivity index (χ4v) is 3.73. The Hall–Kier alpha value is -3.06. The van der Waals surface area contributed by atoms with E-state index in [0.29, 0.717) is 17.9 Å². The summed E-state index contributed by atoms with van der Waals surface area (Å²) in [6.45, 7) is 0.828. The maximum absolute atomic E-state index is 5.20. The Morgan fingerprint density at radius 3 is 3.00 bits per heavy atom. The van der Waals surface area contributed by atoms with Crippen LogP contribution in [0.25, 0.3) is 27.7 Å². The molecule has 7 heteroatoms. The highest BCUT2D eigenvalue weighted by Crippen LogP contribution is 2.30. The number of nitrogens with one attached hydrogen (secondary N) is 1. The summed E-state index contributed by atoms with van der Waals surface area (Å²) in [5, 5.41) is 9.04. The molecule has 0 unspecified atom stereocenters. The smallest absolute Gasteiger partial charge is 0.241 e. The minimum atomic E-state index is 0.426. The van der Waals surface area contributed by atoms with E-state index in [1.165, 1.54) is 0 Å². The van der Waals surface area contributed by atoms with Crippen molar-refractivity contribution in [2.75, 3.05) is 19.0 Å². The highest BCUT2D eigenvalue weighted by Gasteiger charge is 2.29. The van der Waals surface area contributed by atoms with Gasteiger partial charge in [0, 0.05) is 54.9 Å². The van der Waals surface area contributed by atoms with E-state index in [-0.39, 0.29) is 0 Å². The minimum Gasteiger partial charge on any atom is -0.384 e. The van der Waals surface area contributed by atoms with E-state index >= 15 is 0 Å². The van der Waals surface area contributed by atoms with E-state index in [1.54, 1.807) is 13.3 Å². The maximum atomic E-state index is 5.20. The van der Waals surface area contributed by atoms with Crippen LogP contribution in [0, 0.1) is 5.92 Å². The van der Waals surface area contributed by atoms with Crippen LogP contribution in [0.3, 0.4) is 0 Å². The standard InChI is InChI=1S/C20H20N6O/c1-27-12-13-7-16(8-13)24-20-23-11-18-17(4-6-26(18)25-20)15-9-14-3-2-5-21-19(14)22-10-15/h2-6,9-11,13,16H,7-8,12H2,1H3,(H,24,25)/t13-,16-. The predicted octanol–water partition coefficient (Wildman–Crippen LogP) is 3.18. The summed E-state index contributed by atoms with van der Waals surface area (Å²) in [7, 11) is 1.75. The van der Waals surface area contributed by atoms with Crippen LogP contribution in [0.2, 0.25) is 0 Å². The van der Waals surface area contributed by atoms with Crippen molar-refractivity contribution < 1.29 is 4.74 Å². The number of fused-ring (bicyclic) bond motifs is 2. The number of rotatable bonds is 5. The number of pyridine rings is 2. The van der Waals surface area contributed by atoms with Crippen molar-refractivity contribution in [3.05, 3.63) is 49.1 Å². The molecule has 0 atom stereocenters. The van der Waals surface area contributed by atoms with Crippen LogP contribution in [0.5, 0.6) is 0 Å². The van der Waals surface area contributed by atoms with Crippen LogP contribution < -0.4 is 5.32 Å². The molecule has 0 aliphatic heterocycles. The largest absolute Gasteiger partial charge is 0.384 e. The normalized spacial score (nSPS) is 19.3. The number of nitrogens with zero attached hydrogens (tertiary/aromatic N) is 5. The molecule has 1 aliphatic rings. The first kappa shape index (κ1) is 16.1. The van der Waals surface area contributed by atoms with Gasteiger partial charge in [0.15, 0.2) is 5.65 Å². The SMILES string of the molecule is COC[C@H]1C[C@H](Nc2ncc3c(-c4cnc5ncccc5c4)ccn3n2)C1. The minimum absolute atomic E-state index is 0.426. The maximum Gasteiger partial charge on any atom is 0.241 e. The van der Waals surface area contributed by atoms with E-state index < -0.39 is 0 Å². The average Bonchev–Trinajstić information content (AvgIpc) is 3.09. The Labute approximate surface area is 156 Å².